The molecule has 2 heterocycles. The van der Waals surface area contributed by atoms with Crippen molar-refractivity contribution in [3.05, 3.63) is 36.7 Å². The molecule has 0 spiro atoms. The molecule has 3 N–H and O–H groups in total. The summed E-state index contributed by atoms with van der Waals surface area (Å²) in [6.45, 7) is 6.86. The lowest BCUT2D eigenvalue weighted by Crippen LogP contribution is -2.29. The summed E-state index contributed by atoms with van der Waals surface area (Å²) in [4.78, 5) is 1.19. The minimum absolute atomic E-state index is 0.0314. The molecule has 0 aliphatic rings. The fourth-order valence-electron chi connectivity index (χ4n) is 2.15. The maximum absolute atomic E-state index is 6.36. The monoisotopic (exact) mass is 376 g/mol. The van der Waals surface area contributed by atoms with Crippen LogP contribution in [-0.4, -0.2) is 9.78 Å². The van der Waals surface area contributed by atoms with E-state index in [1.165, 1.54) is 10.4 Å². The van der Waals surface area contributed by atoms with Crippen molar-refractivity contribution in [2.24, 2.45) is 5.84 Å². The van der Waals surface area contributed by atoms with Gasteiger partial charge in [0, 0.05) is 17.8 Å². The molecule has 2 aromatic rings. The number of rotatable bonds is 5. The van der Waals surface area contributed by atoms with Crippen LogP contribution in [0.3, 0.4) is 0 Å². The van der Waals surface area contributed by atoms with Crippen LogP contribution in [0.25, 0.3) is 0 Å². The van der Waals surface area contributed by atoms with Crippen molar-refractivity contribution >= 4 is 38.9 Å². The second-order valence-corrected chi connectivity index (χ2v) is 7.47. The van der Waals surface area contributed by atoms with E-state index in [9.17, 15) is 0 Å². The Morgan fingerprint density at radius 1 is 1.55 bits per heavy atom. The highest BCUT2D eigenvalue weighted by atomic mass is 79.9. The maximum Gasteiger partial charge on any atom is 0.0847 e. The molecule has 0 radical (unpaired) electrons. The van der Waals surface area contributed by atoms with Crippen molar-refractivity contribution in [3.63, 3.8) is 0 Å². The maximum atomic E-state index is 6.36. The molecule has 0 aliphatic heterocycles. The Morgan fingerprint density at radius 3 is 2.75 bits per heavy atom. The molecule has 4 nitrogen and oxygen atoms in total. The van der Waals surface area contributed by atoms with Crippen molar-refractivity contribution in [1.82, 2.24) is 15.2 Å². The average Bonchev–Trinajstić information content (AvgIpc) is 2.89. The van der Waals surface area contributed by atoms with Gasteiger partial charge < -0.3 is 0 Å². The predicted octanol–water partition coefficient (Wildman–Crippen LogP) is 3.74. The molecule has 1 atom stereocenters. The van der Waals surface area contributed by atoms with Crippen molar-refractivity contribution in [1.29, 1.82) is 0 Å². The van der Waals surface area contributed by atoms with E-state index in [4.69, 9.17) is 17.4 Å². The third-order valence-corrected chi connectivity index (χ3v) is 6.01. The van der Waals surface area contributed by atoms with Crippen molar-refractivity contribution < 1.29 is 0 Å². The summed E-state index contributed by atoms with van der Waals surface area (Å²) in [5.41, 5.74) is 5.99. The molecule has 1 unspecified atom stereocenters. The van der Waals surface area contributed by atoms with Gasteiger partial charge >= 0.3 is 0 Å². The summed E-state index contributed by atoms with van der Waals surface area (Å²) in [5.74, 6) is 5.73. The lowest BCUT2D eigenvalue weighted by Gasteiger charge is -2.15. The van der Waals surface area contributed by atoms with Gasteiger partial charge in [-0.1, -0.05) is 11.6 Å². The highest BCUT2D eigenvalue weighted by Gasteiger charge is 2.20. The number of hydrogen-bond acceptors (Lipinski definition) is 4. The lowest BCUT2D eigenvalue weighted by atomic mass is 10.1. The van der Waals surface area contributed by atoms with Crippen LogP contribution in [0.1, 0.15) is 34.8 Å². The standard InChI is InChI=1S/C13H18BrClN4S/c1-4-19-10(12(15)8(3)18-19)6-9(17-16)11-5-7(2)13(14)20-11/h5,9,17H,4,6,16H2,1-3H3. The van der Waals surface area contributed by atoms with Gasteiger partial charge in [-0.15, -0.1) is 11.3 Å². The number of nitrogens with one attached hydrogen (secondary N) is 1. The summed E-state index contributed by atoms with van der Waals surface area (Å²) >= 11 is 11.6. The molecule has 0 fully saturated rings. The summed E-state index contributed by atoms with van der Waals surface area (Å²) in [5, 5.41) is 5.18. The number of hydrazine groups is 1. The molecule has 7 heteroatoms. The van der Waals surface area contributed by atoms with Gasteiger partial charge in [-0.3, -0.25) is 16.0 Å². The van der Waals surface area contributed by atoms with E-state index in [1.807, 2.05) is 11.6 Å². The Labute approximate surface area is 136 Å². The van der Waals surface area contributed by atoms with Crippen LogP contribution < -0.4 is 11.3 Å². The zero-order chi connectivity index (χ0) is 14.9. The minimum atomic E-state index is 0.0314. The number of aryl methyl sites for hydroxylation is 3. The number of nitrogens with two attached hydrogens (primary N) is 1. The first-order valence-corrected chi connectivity index (χ1v) is 8.40. The Kier molecular flexibility index (Phi) is 5.25. The molecular formula is C13H18BrClN4S. The van der Waals surface area contributed by atoms with E-state index in [-0.39, 0.29) is 6.04 Å². The zero-order valence-corrected chi connectivity index (χ0v) is 14.9. The Balaban J connectivity index is 2.31. The molecule has 2 rings (SSSR count). The van der Waals surface area contributed by atoms with Gasteiger partial charge in [0.1, 0.15) is 0 Å². The van der Waals surface area contributed by atoms with Gasteiger partial charge in [0.25, 0.3) is 0 Å². The van der Waals surface area contributed by atoms with E-state index in [1.54, 1.807) is 11.3 Å². The van der Waals surface area contributed by atoms with Crippen molar-refractivity contribution in [2.45, 2.75) is 39.8 Å². The Hall–Kier alpha value is -0.400. The van der Waals surface area contributed by atoms with Crippen LogP contribution in [0.2, 0.25) is 5.02 Å². The fraction of sp³-hybridized carbons (Fsp3) is 0.462. The number of hydrogen-bond donors (Lipinski definition) is 2. The molecule has 0 saturated heterocycles. The predicted molar refractivity (Wildman–Crippen MR) is 88.2 cm³/mol. The van der Waals surface area contributed by atoms with Crippen LogP contribution in [0.4, 0.5) is 0 Å². The number of aromatic nitrogens is 2. The molecule has 0 saturated carbocycles. The van der Waals surface area contributed by atoms with E-state index in [2.05, 4.69) is 46.4 Å². The van der Waals surface area contributed by atoms with Gasteiger partial charge in [-0.05, 0) is 48.3 Å². The van der Waals surface area contributed by atoms with Crippen LogP contribution in [0.15, 0.2) is 9.85 Å². The molecule has 2 aromatic heterocycles. The number of halogens is 2. The topological polar surface area (TPSA) is 55.9 Å². The SMILES string of the molecule is CCn1nc(C)c(Cl)c1CC(NN)c1cc(C)c(Br)s1. The minimum Gasteiger partial charge on any atom is -0.271 e. The summed E-state index contributed by atoms with van der Waals surface area (Å²) in [6, 6.07) is 2.18. The molecule has 20 heavy (non-hydrogen) atoms. The van der Waals surface area contributed by atoms with Gasteiger partial charge in [-0.2, -0.15) is 5.10 Å². The first-order chi connectivity index (χ1) is 9.47. The van der Waals surface area contributed by atoms with Gasteiger partial charge in [0.05, 0.1) is 26.2 Å². The third kappa shape index (κ3) is 3.09. The normalized spacial score (nSPS) is 12.9. The van der Waals surface area contributed by atoms with Crippen LogP contribution in [-0.2, 0) is 13.0 Å². The second-order valence-electron chi connectivity index (χ2n) is 4.69. The fourth-order valence-corrected chi connectivity index (χ4v) is 4.00. The van der Waals surface area contributed by atoms with Gasteiger partial charge in [0.15, 0.2) is 0 Å². The number of thiophene rings is 1. The van der Waals surface area contributed by atoms with E-state index in [0.717, 1.165) is 33.2 Å². The molecular weight excluding hydrogens is 360 g/mol. The van der Waals surface area contributed by atoms with Gasteiger partial charge in [0.2, 0.25) is 0 Å². The van der Waals surface area contributed by atoms with Crippen molar-refractivity contribution in [2.75, 3.05) is 0 Å². The van der Waals surface area contributed by atoms with E-state index in [0.29, 0.717) is 0 Å². The zero-order valence-electron chi connectivity index (χ0n) is 11.7. The largest absolute Gasteiger partial charge is 0.271 e. The third-order valence-electron chi connectivity index (χ3n) is 3.27. The highest BCUT2D eigenvalue weighted by Crippen LogP contribution is 2.34. The van der Waals surface area contributed by atoms with Crippen LogP contribution >= 0.6 is 38.9 Å². The first kappa shape index (κ1) is 16.0. The molecule has 0 amide bonds. The molecule has 0 bridgehead atoms. The molecule has 0 aliphatic carbocycles. The Morgan fingerprint density at radius 2 is 2.25 bits per heavy atom. The van der Waals surface area contributed by atoms with E-state index >= 15 is 0 Å². The average molecular weight is 378 g/mol. The number of nitrogens with zero attached hydrogens (tertiary/aromatic N) is 2. The lowest BCUT2D eigenvalue weighted by molar-refractivity contribution is 0.523. The first-order valence-electron chi connectivity index (χ1n) is 6.41. The van der Waals surface area contributed by atoms with Crippen molar-refractivity contribution in [3.8, 4) is 0 Å². The van der Waals surface area contributed by atoms with Crippen LogP contribution in [0, 0.1) is 13.8 Å². The quantitative estimate of drug-likeness (QED) is 0.616. The van der Waals surface area contributed by atoms with E-state index < -0.39 is 0 Å². The van der Waals surface area contributed by atoms with Crippen LogP contribution in [0.5, 0.6) is 0 Å². The molecule has 110 valence electrons. The second kappa shape index (κ2) is 6.58. The Bertz CT molecular complexity index is 588. The summed E-state index contributed by atoms with van der Waals surface area (Å²) < 4.78 is 3.08. The van der Waals surface area contributed by atoms with Gasteiger partial charge in [-0.25, -0.2) is 0 Å². The molecule has 0 aromatic carbocycles. The smallest absolute Gasteiger partial charge is 0.0847 e. The highest BCUT2D eigenvalue weighted by molar-refractivity contribution is 9.11. The summed E-state index contributed by atoms with van der Waals surface area (Å²) in [6.07, 6.45) is 0.719. The summed E-state index contributed by atoms with van der Waals surface area (Å²) in [7, 11) is 0.